The molecular formula is C9H7BrFO2. The van der Waals surface area contributed by atoms with Gasteiger partial charge < -0.3 is 4.74 Å². The van der Waals surface area contributed by atoms with Gasteiger partial charge in [0.05, 0.1) is 5.33 Å². The molecule has 0 fully saturated rings. The maximum Gasteiger partial charge on any atom is 0.180 e. The van der Waals surface area contributed by atoms with E-state index in [1.165, 1.54) is 12.1 Å². The molecule has 0 aromatic heterocycles. The number of rotatable bonds is 4. The van der Waals surface area contributed by atoms with Gasteiger partial charge in [-0.05, 0) is 18.2 Å². The monoisotopic (exact) mass is 245 g/mol. The second kappa shape index (κ2) is 4.97. The third-order valence-electron chi connectivity index (χ3n) is 1.31. The summed E-state index contributed by atoms with van der Waals surface area (Å²) in [6, 6.07) is 6.67. The molecular weight excluding hydrogens is 239 g/mol. The number of carbonyl (C=O) groups is 1. The average molecular weight is 246 g/mol. The van der Waals surface area contributed by atoms with Crippen molar-refractivity contribution >= 4 is 21.7 Å². The van der Waals surface area contributed by atoms with E-state index in [2.05, 4.69) is 22.0 Å². The first-order valence-corrected chi connectivity index (χ1v) is 4.72. The number of ether oxygens (including phenoxy) is 1. The van der Waals surface area contributed by atoms with E-state index in [0.29, 0.717) is 0 Å². The minimum atomic E-state index is -0.509. The SMILES string of the molecule is O=C(CBr)COc1cc[c]cc1F. The first-order chi connectivity index (χ1) is 6.24. The zero-order chi connectivity index (χ0) is 9.68. The maximum absolute atomic E-state index is 12.9. The molecule has 0 saturated carbocycles. The molecule has 0 amide bonds. The Hall–Kier alpha value is -0.900. The molecule has 1 aromatic carbocycles. The Labute approximate surface area is 83.8 Å². The van der Waals surface area contributed by atoms with Crippen molar-refractivity contribution in [2.24, 2.45) is 0 Å². The lowest BCUT2D eigenvalue weighted by molar-refractivity contribution is -0.118. The first kappa shape index (κ1) is 10.2. The second-order valence-corrected chi connectivity index (χ2v) is 2.88. The molecule has 1 rings (SSSR count). The van der Waals surface area contributed by atoms with Gasteiger partial charge >= 0.3 is 0 Å². The molecule has 0 spiro atoms. The molecule has 0 unspecified atom stereocenters. The highest BCUT2D eigenvalue weighted by Crippen LogP contribution is 2.14. The number of ketones is 1. The fourth-order valence-electron chi connectivity index (χ4n) is 0.710. The van der Waals surface area contributed by atoms with Crippen LogP contribution in [0.5, 0.6) is 5.75 Å². The Morgan fingerprint density at radius 2 is 2.46 bits per heavy atom. The molecule has 0 heterocycles. The lowest BCUT2D eigenvalue weighted by Crippen LogP contribution is -2.12. The molecule has 13 heavy (non-hydrogen) atoms. The summed E-state index contributed by atoms with van der Waals surface area (Å²) in [7, 11) is 0. The zero-order valence-electron chi connectivity index (χ0n) is 6.72. The smallest absolute Gasteiger partial charge is 0.180 e. The normalized spacial score (nSPS) is 9.69. The Morgan fingerprint density at radius 3 is 3.08 bits per heavy atom. The molecule has 0 aliphatic rings. The van der Waals surface area contributed by atoms with Gasteiger partial charge in [0.15, 0.2) is 17.3 Å². The summed E-state index contributed by atoms with van der Waals surface area (Å²) in [5.41, 5.74) is 0. The predicted octanol–water partition coefficient (Wildman–Crippen LogP) is 1.97. The van der Waals surface area contributed by atoms with E-state index in [-0.39, 0.29) is 23.5 Å². The van der Waals surface area contributed by atoms with Crippen LogP contribution >= 0.6 is 15.9 Å². The summed E-state index contributed by atoms with van der Waals surface area (Å²) < 4.78 is 17.8. The van der Waals surface area contributed by atoms with E-state index in [4.69, 9.17) is 4.74 Å². The second-order valence-electron chi connectivity index (χ2n) is 2.32. The molecule has 69 valence electrons. The van der Waals surface area contributed by atoms with Gasteiger partial charge in [0.1, 0.15) is 6.61 Å². The summed E-state index contributed by atoms with van der Waals surface area (Å²) in [5.74, 6) is -0.565. The molecule has 0 N–H and O–H groups in total. The third-order valence-corrected chi connectivity index (χ3v) is 1.94. The van der Waals surface area contributed by atoms with Gasteiger partial charge in [-0.3, -0.25) is 4.79 Å². The van der Waals surface area contributed by atoms with E-state index in [1.54, 1.807) is 0 Å². The van der Waals surface area contributed by atoms with Crippen molar-refractivity contribution in [1.29, 1.82) is 0 Å². The molecule has 0 aliphatic heterocycles. The first-order valence-electron chi connectivity index (χ1n) is 3.60. The van der Waals surface area contributed by atoms with E-state index in [9.17, 15) is 9.18 Å². The van der Waals surface area contributed by atoms with Gasteiger partial charge in [0.25, 0.3) is 0 Å². The van der Waals surface area contributed by atoms with E-state index >= 15 is 0 Å². The van der Waals surface area contributed by atoms with Crippen molar-refractivity contribution in [3.05, 3.63) is 30.1 Å². The topological polar surface area (TPSA) is 26.3 Å². The van der Waals surface area contributed by atoms with Crippen LogP contribution < -0.4 is 4.74 Å². The highest BCUT2D eigenvalue weighted by molar-refractivity contribution is 9.09. The molecule has 1 radical (unpaired) electrons. The lowest BCUT2D eigenvalue weighted by atomic mass is 10.3. The molecule has 0 aliphatic carbocycles. The molecule has 4 heteroatoms. The molecule has 0 bridgehead atoms. The summed E-state index contributed by atoms with van der Waals surface area (Å²) in [4.78, 5) is 10.8. The highest BCUT2D eigenvalue weighted by atomic mass is 79.9. The zero-order valence-corrected chi connectivity index (χ0v) is 8.30. The summed E-state index contributed by atoms with van der Waals surface area (Å²) in [5, 5.41) is 0.216. The van der Waals surface area contributed by atoms with Crippen LogP contribution in [0.1, 0.15) is 0 Å². The third kappa shape index (κ3) is 3.14. The average Bonchev–Trinajstić information content (AvgIpc) is 2.16. The highest BCUT2D eigenvalue weighted by Gasteiger charge is 2.04. The molecule has 2 nitrogen and oxygen atoms in total. The van der Waals surface area contributed by atoms with Crippen molar-refractivity contribution in [3.8, 4) is 5.75 Å². The number of alkyl halides is 1. The number of hydrogen-bond acceptors (Lipinski definition) is 2. The largest absolute Gasteiger partial charge is 0.483 e. The molecule has 0 atom stereocenters. The number of Topliss-reactive ketones (excluding diaryl/α,β-unsaturated/α-hetero) is 1. The Morgan fingerprint density at radius 1 is 1.69 bits per heavy atom. The van der Waals surface area contributed by atoms with Crippen molar-refractivity contribution in [2.75, 3.05) is 11.9 Å². The van der Waals surface area contributed by atoms with Gasteiger partial charge in [0.2, 0.25) is 0 Å². The van der Waals surface area contributed by atoms with Crippen molar-refractivity contribution < 1.29 is 13.9 Å². The van der Waals surface area contributed by atoms with Crippen LogP contribution in [0.2, 0.25) is 0 Å². The number of hydrogen-bond donors (Lipinski definition) is 0. The maximum atomic E-state index is 12.9. The van der Waals surface area contributed by atoms with Crippen LogP contribution in [-0.2, 0) is 4.79 Å². The standard InChI is InChI=1S/C9H7BrFO2/c10-5-7(12)6-13-9-4-2-1-3-8(9)11/h2-4H,5-6H2. The van der Waals surface area contributed by atoms with Crippen LogP contribution in [0, 0.1) is 11.9 Å². The van der Waals surface area contributed by atoms with Gasteiger partial charge in [0, 0.05) is 0 Å². The minimum absolute atomic E-state index is 0.0769. The van der Waals surface area contributed by atoms with Gasteiger partial charge in [-0.1, -0.05) is 22.0 Å². The van der Waals surface area contributed by atoms with E-state index in [0.717, 1.165) is 6.07 Å². The number of carbonyl (C=O) groups excluding carboxylic acids is 1. The number of benzene rings is 1. The summed E-state index contributed by atoms with van der Waals surface area (Å²) in [6.45, 7) is -0.119. The fourth-order valence-corrected chi connectivity index (χ4v) is 0.872. The van der Waals surface area contributed by atoms with E-state index < -0.39 is 5.82 Å². The van der Waals surface area contributed by atoms with Crippen molar-refractivity contribution in [2.45, 2.75) is 0 Å². The van der Waals surface area contributed by atoms with Crippen LogP contribution in [0.15, 0.2) is 18.2 Å². The van der Waals surface area contributed by atoms with E-state index in [1.807, 2.05) is 0 Å². The van der Waals surface area contributed by atoms with Crippen LogP contribution in [0.3, 0.4) is 0 Å². The van der Waals surface area contributed by atoms with Crippen molar-refractivity contribution in [1.82, 2.24) is 0 Å². The predicted molar refractivity (Wildman–Crippen MR) is 49.5 cm³/mol. The Kier molecular flexibility index (Phi) is 3.89. The minimum Gasteiger partial charge on any atom is -0.483 e. The van der Waals surface area contributed by atoms with Crippen LogP contribution in [-0.4, -0.2) is 17.7 Å². The van der Waals surface area contributed by atoms with Crippen LogP contribution in [0.4, 0.5) is 4.39 Å². The number of halogens is 2. The quantitative estimate of drug-likeness (QED) is 0.759. The molecule has 1 aromatic rings. The summed E-state index contributed by atoms with van der Waals surface area (Å²) >= 11 is 2.98. The lowest BCUT2D eigenvalue weighted by Gasteiger charge is -2.03. The summed E-state index contributed by atoms with van der Waals surface area (Å²) in [6.07, 6.45) is 0. The fraction of sp³-hybridized carbons (Fsp3) is 0.222. The van der Waals surface area contributed by atoms with Gasteiger partial charge in [-0.2, -0.15) is 0 Å². The van der Waals surface area contributed by atoms with Crippen molar-refractivity contribution in [3.63, 3.8) is 0 Å². The van der Waals surface area contributed by atoms with Gasteiger partial charge in [-0.15, -0.1) is 0 Å². The van der Waals surface area contributed by atoms with Crippen LogP contribution in [0.25, 0.3) is 0 Å². The van der Waals surface area contributed by atoms with Gasteiger partial charge in [-0.25, -0.2) is 4.39 Å². The Bertz CT molecular complexity index is 301. The molecule has 0 saturated heterocycles. The Balaban J connectivity index is 2.54.